The van der Waals surface area contributed by atoms with E-state index in [9.17, 15) is 0 Å². The van der Waals surface area contributed by atoms with Gasteiger partial charge in [-0.25, -0.2) is 0 Å². The number of nitrogens with zero attached hydrogens (tertiary/aromatic N) is 1. The van der Waals surface area contributed by atoms with Crippen LogP contribution in [0, 0.1) is 17.3 Å². The van der Waals surface area contributed by atoms with Crippen LogP contribution in [0.15, 0.2) is 0 Å². The van der Waals surface area contributed by atoms with Gasteiger partial charge in [0.15, 0.2) is 0 Å². The van der Waals surface area contributed by atoms with Gasteiger partial charge in [-0.2, -0.15) is 0 Å². The summed E-state index contributed by atoms with van der Waals surface area (Å²) in [4.78, 5) is 2.75. The summed E-state index contributed by atoms with van der Waals surface area (Å²) in [5, 5.41) is 0. The first kappa shape index (κ1) is 14.3. The van der Waals surface area contributed by atoms with Crippen molar-refractivity contribution in [1.29, 1.82) is 0 Å². The predicted octanol–water partition coefficient (Wildman–Crippen LogP) is 3.26. The minimum absolute atomic E-state index is 0.296. The standard InChI is InChI=1S/C16H32N2/c1-13-6-5-9-18(11-13)16(12-17)8-7-15(3,4)10-14(16)2/h13-14H,5-12,17H2,1-4H3. The highest BCUT2D eigenvalue weighted by atomic mass is 15.2. The van der Waals surface area contributed by atoms with Crippen LogP contribution < -0.4 is 5.73 Å². The van der Waals surface area contributed by atoms with Gasteiger partial charge in [0.25, 0.3) is 0 Å². The Bertz CT molecular complexity index is 287. The Morgan fingerprint density at radius 2 is 1.94 bits per heavy atom. The van der Waals surface area contributed by atoms with Crippen molar-refractivity contribution in [2.24, 2.45) is 23.0 Å². The molecule has 2 nitrogen and oxygen atoms in total. The third-order valence-corrected chi connectivity index (χ3v) is 5.65. The van der Waals surface area contributed by atoms with Crippen LogP contribution in [0.25, 0.3) is 0 Å². The highest BCUT2D eigenvalue weighted by molar-refractivity contribution is 5.02. The fourth-order valence-electron chi connectivity index (χ4n) is 4.42. The number of likely N-dealkylation sites (tertiary alicyclic amines) is 1. The lowest BCUT2D eigenvalue weighted by Crippen LogP contribution is -2.62. The Hall–Kier alpha value is -0.0800. The normalized spacial score (nSPS) is 41.8. The van der Waals surface area contributed by atoms with E-state index < -0.39 is 0 Å². The molecule has 1 aliphatic heterocycles. The zero-order valence-electron chi connectivity index (χ0n) is 12.8. The van der Waals surface area contributed by atoms with E-state index in [-0.39, 0.29) is 0 Å². The van der Waals surface area contributed by atoms with E-state index in [1.54, 1.807) is 0 Å². The fraction of sp³-hybridized carbons (Fsp3) is 1.00. The second-order valence-corrected chi connectivity index (χ2v) is 7.77. The fourth-order valence-corrected chi connectivity index (χ4v) is 4.42. The summed E-state index contributed by atoms with van der Waals surface area (Å²) in [6, 6.07) is 0. The van der Waals surface area contributed by atoms with Crippen LogP contribution in [0.5, 0.6) is 0 Å². The molecule has 18 heavy (non-hydrogen) atoms. The van der Waals surface area contributed by atoms with Gasteiger partial charge in [0.1, 0.15) is 0 Å². The molecular weight excluding hydrogens is 220 g/mol. The van der Waals surface area contributed by atoms with Crippen molar-refractivity contribution in [3.8, 4) is 0 Å². The quantitative estimate of drug-likeness (QED) is 0.817. The van der Waals surface area contributed by atoms with Crippen molar-refractivity contribution in [3.63, 3.8) is 0 Å². The van der Waals surface area contributed by atoms with E-state index in [0.717, 1.165) is 18.4 Å². The van der Waals surface area contributed by atoms with Crippen molar-refractivity contribution in [2.75, 3.05) is 19.6 Å². The maximum absolute atomic E-state index is 6.25. The van der Waals surface area contributed by atoms with Crippen LogP contribution in [0.4, 0.5) is 0 Å². The molecule has 2 N–H and O–H groups in total. The van der Waals surface area contributed by atoms with E-state index >= 15 is 0 Å². The highest BCUT2D eigenvalue weighted by Crippen LogP contribution is 2.47. The zero-order valence-corrected chi connectivity index (χ0v) is 12.8. The minimum atomic E-state index is 0.296. The largest absolute Gasteiger partial charge is 0.329 e. The summed E-state index contributed by atoms with van der Waals surface area (Å²) in [7, 11) is 0. The molecule has 0 bridgehead atoms. The molecule has 2 rings (SSSR count). The van der Waals surface area contributed by atoms with E-state index in [0.29, 0.717) is 11.0 Å². The van der Waals surface area contributed by atoms with Crippen molar-refractivity contribution < 1.29 is 0 Å². The summed E-state index contributed by atoms with van der Waals surface area (Å²) in [6.07, 6.45) is 6.72. The summed E-state index contributed by atoms with van der Waals surface area (Å²) >= 11 is 0. The second-order valence-electron chi connectivity index (χ2n) is 7.77. The molecule has 1 saturated heterocycles. The molecule has 0 aromatic rings. The van der Waals surface area contributed by atoms with Gasteiger partial charge in [0.2, 0.25) is 0 Å². The van der Waals surface area contributed by atoms with Crippen LogP contribution in [0.3, 0.4) is 0 Å². The number of piperidine rings is 1. The van der Waals surface area contributed by atoms with Gasteiger partial charge in [0, 0.05) is 18.6 Å². The molecule has 1 aliphatic carbocycles. The Morgan fingerprint density at radius 1 is 1.22 bits per heavy atom. The maximum Gasteiger partial charge on any atom is 0.0357 e. The number of hydrogen-bond acceptors (Lipinski definition) is 2. The first-order valence-corrected chi connectivity index (χ1v) is 7.85. The van der Waals surface area contributed by atoms with Crippen molar-refractivity contribution in [1.82, 2.24) is 4.90 Å². The SMILES string of the molecule is CC1CCCN(C2(CN)CCC(C)(C)CC2C)C1. The van der Waals surface area contributed by atoms with Crippen LogP contribution >= 0.6 is 0 Å². The van der Waals surface area contributed by atoms with Crippen molar-refractivity contribution in [2.45, 2.75) is 65.3 Å². The Balaban J connectivity index is 2.15. The van der Waals surface area contributed by atoms with E-state index in [1.807, 2.05) is 0 Å². The first-order valence-electron chi connectivity index (χ1n) is 7.85. The minimum Gasteiger partial charge on any atom is -0.329 e. The Morgan fingerprint density at radius 3 is 2.50 bits per heavy atom. The van der Waals surface area contributed by atoms with Gasteiger partial charge >= 0.3 is 0 Å². The topological polar surface area (TPSA) is 29.3 Å². The maximum atomic E-state index is 6.25. The molecule has 3 unspecified atom stereocenters. The number of hydrogen-bond donors (Lipinski definition) is 1. The molecule has 0 aromatic carbocycles. The average molecular weight is 252 g/mol. The van der Waals surface area contributed by atoms with Gasteiger partial charge < -0.3 is 5.73 Å². The van der Waals surface area contributed by atoms with Crippen LogP contribution in [0.1, 0.15) is 59.8 Å². The van der Waals surface area contributed by atoms with Crippen LogP contribution in [-0.4, -0.2) is 30.1 Å². The Labute approximate surface area is 113 Å². The van der Waals surface area contributed by atoms with Crippen LogP contribution in [-0.2, 0) is 0 Å². The van der Waals surface area contributed by atoms with E-state index in [1.165, 1.54) is 45.2 Å². The molecule has 0 aromatic heterocycles. The average Bonchev–Trinajstić information content (AvgIpc) is 2.29. The summed E-state index contributed by atoms with van der Waals surface area (Å²) < 4.78 is 0. The number of rotatable bonds is 2. The number of nitrogens with two attached hydrogens (primary N) is 1. The molecule has 0 radical (unpaired) electrons. The van der Waals surface area contributed by atoms with Gasteiger partial charge in [0.05, 0.1) is 0 Å². The first-order chi connectivity index (χ1) is 8.39. The molecular formula is C16H32N2. The molecule has 3 atom stereocenters. The third kappa shape index (κ3) is 2.60. The lowest BCUT2D eigenvalue weighted by atomic mass is 9.62. The lowest BCUT2D eigenvalue weighted by Gasteiger charge is -2.55. The van der Waals surface area contributed by atoms with E-state index in [2.05, 4.69) is 32.6 Å². The summed E-state index contributed by atoms with van der Waals surface area (Å²) in [6.45, 7) is 13.1. The summed E-state index contributed by atoms with van der Waals surface area (Å²) in [5.41, 5.74) is 7.06. The molecule has 2 heteroatoms. The van der Waals surface area contributed by atoms with E-state index in [4.69, 9.17) is 5.73 Å². The Kier molecular flexibility index (Phi) is 4.08. The van der Waals surface area contributed by atoms with Gasteiger partial charge in [-0.05, 0) is 55.9 Å². The molecule has 1 saturated carbocycles. The lowest BCUT2D eigenvalue weighted by molar-refractivity contribution is -0.0410. The molecule has 0 spiro atoms. The van der Waals surface area contributed by atoms with Crippen molar-refractivity contribution in [3.05, 3.63) is 0 Å². The molecule has 2 aliphatic rings. The zero-order chi connectivity index (χ0) is 13.4. The van der Waals surface area contributed by atoms with Crippen molar-refractivity contribution >= 4 is 0 Å². The predicted molar refractivity (Wildman–Crippen MR) is 78.6 cm³/mol. The molecule has 0 amide bonds. The molecule has 1 heterocycles. The molecule has 106 valence electrons. The van der Waals surface area contributed by atoms with Gasteiger partial charge in [-0.1, -0.05) is 27.7 Å². The van der Waals surface area contributed by atoms with Gasteiger partial charge in [-0.15, -0.1) is 0 Å². The third-order valence-electron chi connectivity index (χ3n) is 5.65. The second kappa shape index (κ2) is 5.13. The monoisotopic (exact) mass is 252 g/mol. The highest BCUT2D eigenvalue weighted by Gasteiger charge is 2.47. The molecule has 2 fully saturated rings. The smallest absolute Gasteiger partial charge is 0.0357 e. The van der Waals surface area contributed by atoms with Gasteiger partial charge in [-0.3, -0.25) is 4.90 Å². The summed E-state index contributed by atoms with van der Waals surface area (Å²) in [5.74, 6) is 1.58. The van der Waals surface area contributed by atoms with Crippen LogP contribution in [0.2, 0.25) is 0 Å².